The van der Waals surface area contributed by atoms with E-state index in [-0.39, 0.29) is 6.03 Å². The summed E-state index contributed by atoms with van der Waals surface area (Å²) in [4.78, 5) is 18.5. The fourth-order valence-corrected chi connectivity index (χ4v) is 3.52. The minimum absolute atomic E-state index is 0.0467. The molecule has 5 heteroatoms. The maximum atomic E-state index is 12.2. The molecule has 116 valence electrons. The Hall–Kier alpha value is -1.88. The van der Waals surface area contributed by atoms with Crippen molar-refractivity contribution in [2.24, 2.45) is 0 Å². The average Bonchev–Trinajstić information content (AvgIpc) is 3.17. The molecule has 2 amide bonds. The zero-order valence-electron chi connectivity index (χ0n) is 12.8. The lowest BCUT2D eigenvalue weighted by molar-refractivity contribution is 0.208. The average molecular weight is 315 g/mol. The van der Waals surface area contributed by atoms with E-state index in [1.54, 1.807) is 11.3 Å². The van der Waals surface area contributed by atoms with Crippen LogP contribution in [-0.4, -0.2) is 35.5 Å². The summed E-state index contributed by atoms with van der Waals surface area (Å²) in [5, 5.41) is 6.14. The third-order valence-corrected chi connectivity index (χ3v) is 4.89. The van der Waals surface area contributed by atoms with Gasteiger partial charge < -0.3 is 10.2 Å². The first-order valence-electron chi connectivity index (χ1n) is 7.71. The van der Waals surface area contributed by atoms with Gasteiger partial charge in [-0.25, -0.2) is 9.78 Å². The predicted octanol–water partition coefficient (Wildman–Crippen LogP) is 3.19. The lowest BCUT2D eigenvalue weighted by Crippen LogP contribution is -2.39. The number of carbonyl (C=O) groups excluding carboxylic acids is 1. The van der Waals surface area contributed by atoms with Crippen molar-refractivity contribution >= 4 is 17.4 Å². The molecule has 1 fully saturated rings. The Morgan fingerprint density at radius 1 is 1.41 bits per heavy atom. The molecule has 1 aliphatic heterocycles. The number of nitrogens with one attached hydrogen (secondary N) is 1. The minimum atomic E-state index is 0.0467. The molecule has 1 atom stereocenters. The highest BCUT2D eigenvalue weighted by molar-refractivity contribution is 7.09. The largest absolute Gasteiger partial charge is 0.338 e. The third-order valence-electron chi connectivity index (χ3n) is 4.07. The van der Waals surface area contributed by atoms with E-state index in [4.69, 9.17) is 0 Å². The molecule has 1 aromatic carbocycles. The van der Waals surface area contributed by atoms with Crippen LogP contribution in [-0.2, 0) is 6.42 Å². The van der Waals surface area contributed by atoms with Gasteiger partial charge in [-0.3, -0.25) is 0 Å². The number of aromatic nitrogens is 1. The zero-order valence-corrected chi connectivity index (χ0v) is 13.6. The van der Waals surface area contributed by atoms with Crippen LogP contribution < -0.4 is 5.32 Å². The van der Waals surface area contributed by atoms with Crippen LogP contribution in [0.5, 0.6) is 0 Å². The summed E-state index contributed by atoms with van der Waals surface area (Å²) in [5.41, 5.74) is 2.39. The fourth-order valence-electron chi connectivity index (χ4n) is 2.87. The fraction of sp³-hybridized carbons (Fsp3) is 0.412. The first-order chi connectivity index (χ1) is 10.7. The SMILES string of the molecule is Cc1nc(CCNC(=O)N2CC[C@H](c3ccccc3)C2)cs1. The van der Waals surface area contributed by atoms with Gasteiger partial charge >= 0.3 is 6.03 Å². The lowest BCUT2D eigenvalue weighted by atomic mass is 9.99. The van der Waals surface area contributed by atoms with E-state index in [9.17, 15) is 4.79 Å². The maximum Gasteiger partial charge on any atom is 0.317 e. The van der Waals surface area contributed by atoms with Crippen molar-refractivity contribution < 1.29 is 4.79 Å². The smallest absolute Gasteiger partial charge is 0.317 e. The summed E-state index contributed by atoms with van der Waals surface area (Å²) < 4.78 is 0. The van der Waals surface area contributed by atoms with Crippen molar-refractivity contribution in [3.8, 4) is 0 Å². The molecule has 4 nitrogen and oxygen atoms in total. The molecular weight excluding hydrogens is 294 g/mol. The van der Waals surface area contributed by atoms with Gasteiger partial charge in [-0.15, -0.1) is 11.3 Å². The number of likely N-dealkylation sites (tertiary alicyclic amines) is 1. The van der Waals surface area contributed by atoms with E-state index >= 15 is 0 Å². The number of nitrogens with zero attached hydrogens (tertiary/aromatic N) is 2. The maximum absolute atomic E-state index is 12.2. The first-order valence-corrected chi connectivity index (χ1v) is 8.59. The number of benzene rings is 1. The van der Waals surface area contributed by atoms with Crippen molar-refractivity contribution in [2.75, 3.05) is 19.6 Å². The van der Waals surface area contributed by atoms with E-state index in [0.29, 0.717) is 12.5 Å². The first kappa shape index (κ1) is 15.0. The van der Waals surface area contributed by atoms with E-state index in [0.717, 1.165) is 36.6 Å². The van der Waals surface area contributed by atoms with Gasteiger partial charge in [0.15, 0.2) is 0 Å². The quantitative estimate of drug-likeness (QED) is 0.942. The van der Waals surface area contributed by atoms with Crippen molar-refractivity contribution in [2.45, 2.75) is 25.7 Å². The normalized spacial score (nSPS) is 17.7. The van der Waals surface area contributed by atoms with Gasteiger partial charge in [-0.05, 0) is 18.9 Å². The molecular formula is C17H21N3OS. The molecule has 0 unspecified atom stereocenters. The molecule has 2 aromatic rings. The van der Waals surface area contributed by atoms with Gasteiger partial charge in [0, 0.05) is 37.4 Å². The molecule has 1 aromatic heterocycles. The van der Waals surface area contributed by atoms with Crippen LogP contribution in [0.25, 0.3) is 0 Å². The molecule has 22 heavy (non-hydrogen) atoms. The van der Waals surface area contributed by atoms with Crippen LogP contribution in [0.3, 0.4) is 0 Å². The van der Waals surface area contributed by atoms with E-state index in [1.807, 2.05) is 17.9 Å². The molecule has 1 saturated heterocycles. The van der Waals surface area contributed by atoms with E-state index < -0.39 is 0 Å². The van der Waals surface area contributed by atoms with Crippen molar-refractivity contribution in [1.29, 1.82) is 0 Å². The van der Waals surface area contributed by atoms with Gasteiger partial charge in [0.2, 0.25) is 0 Å². The molecule has 0 aliphatic carbocycles. The van der Waals surface area contributed by atoms with Crippen LogP contribution in [0, 0.1) is 6.92 Å². The number of rotatable bonds is 4. The highest BCUT2D eigenvalue weighted by Crippen LogP contribution is 2.26. The van der Waals surface area contributed by atoms with Gasteiger partial charge in [-0.1, -0.05) is 30.3 Å². The Morgan fingerprint density at radius 3 is 2.95 bits per heavy atom. The van der Waals surface area contributed by atoms with Crippen molar-refractivity contribution in [1.82, 2.24) is 15.2 Å². The van der Waals surface area contributed by atoms with Crippen LogP contribution >= 0.6 is 11.3 Å². The van der Waals surface area contributed by atoms with Gasteiger partial charge in [0.1, 0.15) is 0 Å². The van der Waals surface area contributed by atoms with E-state index in [2.05, 4.69) is 39.9 Å². The summed E-state index contributed by atoms with van der Waals surface area (Å²) in [7, 11) is 0. The molecule has 0 radical (unpaired) electrons. The zero-order chi connectivity index (χ0) is 15.4. The van der Waals surface area contributed by atoms with Crippen LogP contribution in [0.4, 0.5) is 4.79 Å². The monoisotopic (exact) mass is 315 g/mol. The predicted molar refractivity (Wildman–Crippen MR) is 89.3 cm³/mol. The number of carbonyl (C=O) groups is 1. The van der Waals surface area contributed by atoms with Crippen LogP contribution in [0.2, 0.25) is 0 Å². The number of urea groups is 1. The number of amides is 2. The summed E-state index contributed by atoms with van der Waals surface area (Å²) in [6.07, 6.45) is 1.84. The summed E-state index contributed by atoms with van der Waals surface area (Å²) >= 11 is 1.65. The number of aryl methyl sites for hydroxylation is 1. The van der Waals surface area contributed by atoms with Crippen molar-refractivity contribution in [3.63, 3.8) is 0 Å². The van der Waals surface area contributed by atoms with Crippen molar-refractivity contribution in [3.05, 3.63) is 52.0 Å². The molecule has 1 aliphatic rings. The van der Waals surface area contributed by atoms with Crippen LogP contribution in [0.15, 0.2) is 35.7 Å². The van der Waals surface area contributed by atoms with Gasteiger partial charge in [-0.2, -0.15) is 0 Å². The Balaban J connectivity index is 1.45. The molecule has 0 bridgehead atoms. The Labute approximate surface area is 135 Å². The second-order valence-electron chi connectivity index (χ2n) is 5.68. The summed E-state index contributed by atoms with van der Waals surface area (Å²) in [5.74, 6) is 0.466. The minimum Gasteiger partial charge on any atom is -0.338 e. The third kappa shape index (κ3) is 3.65. The molecule has 2 heterocycles. The molecule has 0 saturated carbocycles. The Kier molecular flexibility index (Phi) is 4.73. The molecule has 1 N–H and O–H groups in total. The molecule has 3 rings (SSSR count). The topological polar surface area (TPSA) is 45.2 Å². The van der Waals surface area contributed by atoms with Crippen LogP contribution in [0.1, 0.15) is 28.6 Å². The Morgan fingerprint density at radius 2 is 2.23 bits per heavy atom. The summed E-state index contributed by atoms with van der Waals surface area (Å²) in [6, 6.07) is 10.5. The number of thiazole rings is 1. The van der Waals surface area contributed by atoms with Gasteiger partial charge in [0.25, 0.3) is 0 Å². The lowest BCUT2D eigenvalue weighted by Gasteiger charge is -2.17. The second-order valence-corrected chi connectivity index (χ2v) is 6.74. The highest BCUT2D eigenvalue weighted by Gasteiger charge is 2.26. The summed E-state index contributed by atoms with van der Waals surface area (Å²) in [6.45, 7) is 4.29. The Bertz CT molecular complexity index is 626. The number of hydrogen-bond donors (Lipinski definition) is 1. The second kappa shape index (κ2) is 6.92. The highest BCUT2D eigenvalue weighted by atomic mass is 32.1. The molecule has 0 spiro atoms. The van der Waals surface area contributed by atoms with E-state index in [1.165, 1.54) is 5.56 Å². The number of hydrogen-bond acceptors (Lipinski definition) is 3. The van der Waals surface area contributed by atoms with Gasteiger partial charge in [0.05, 0.1) is 10.7 Å². The standard InChI is InChI=1S/C17H21N3OS/c1-13-19-16(12-22-13)7-9-18-17(21)20-10-8-15(11-20)14-5-3-2-4-6-14/h2-6,12,15H,7-11H2,1H3,(H,18,21)/t15-/m0/s1.